The molecule has 0 radical (unpaired) electrons. The van der Waals surface area contributed by atoms with Crippen LogP contribution in [0.25, 0.3) is 0 Å². The molecular weight excluding hydrogens is 233 g/mol. The van der Waals surface area contributed by atoms with Crippen molar-refractivity contribution in [1.29, 1.82) is 0 Å². The highest BCUT2D eigenvalue weighted by Crippen LogP contribution is 2.18. The van der Waals surface area contributed by atoms with E-state index >= 15 is 0 Å². The molecule has 0 aliphatic rings. The Balaban J connectivity index is 2.66. The van der Waals surface area contributed by atoms with Crippen LogP contribution in [0, 0.1) is 0 Å². The molecule has 0 aliphatic carbocycles. The Morgan fingerprint density at radius 3 is 2.29 bits per heavy atom. The summed E-state index contributed by atoms with van der Waals surface area (Å²) < 4.78 is 35.9. The minimum atomic E-state index is -4.87. The van der Waals surface area contributed by atoms with Gasteiger partial charge < -0.3 is 11.1 Å². The number of carbonyl (C=O) groups excluding carboxylic acids is 1. The summed E-state index contributed by atoms with van der Waals surface area (Å²) in [6.45, 7) is 1.83. The van der Waals surface area contributed by atoms with E-state index in [-0.39, 0.29) is 11.7 Å². The number of halogens is 3. The number of hydrogen-bond donors (Lipinski definition) is 2. The number of nitrogens with one attached hydrogen (secondary N) is 1. The maximum Gasteiger partial charge on any atom is 0.471 e. The second kappa shape index (κ2) is 5.18. The van der Waals surface area contributed by atoms with Gasteiger partial charge >= 0.3 is 12.1 Å². The summed E-state index contributed by atoms with van der Waals surface area (Å²) in [6, 6.07) is 6.08. The first-order chi connectivity index (χ1) is 7.79. The first-order valence-electron chi connectivity index (χ1n) is 5.01. The van der Waals surface area contributed by atoms with E-state index in [4.69, 9.17) is 5.73 Å². The number of anilines is 1. The third kappa shape index (κ3) is 4.44. The van der Waals surface area contributed by atoms with Gasteiger partial charge in [0.25, 0.3) is 0 Å². The summed E-state index contributed by atoms with van der Waals surface area (Å²) >= 11 is 0. The Morgan fingerprint density at radius 1 is 1.35 bits per heavy atom. The van der Waals surface area contributed by atoms with Gasteiger partial charge in [-0.3, -0.25) is 4.79 Å². The van der Waals surface area contributed by atoms with Gasteiger partial charge in [0.1, 0.15) is 0 Å². The van der Waals surface area contributed by atoms with Gasteiger partial charge in [-0.25, -0.2) is 0 Å². The van der Waals surface area contributed by atoms with Crippen LogP contribution in [0.1, 0.15) is 12.5 Å². The fourth-order valence-electron chi connectivity index (χ4n) is 1.30. The molecule has 1 aromatic carbocycles. The largest absolute Gasteiger partial charge is 0.471 e. The zero-order chi connectivity index (χ0) is 13.1. The topological polar surface area (TPSA) is 55.1 Å². The lowest BCUT2D eigenvalue weighted by Crippen LogP contribution is -2.29. The summed E-state index contributed by atoms with van der Waals surface area (Å²) in [5.41, 5.74) is 6.60. The van der Waals surface area contributed by atoms with Crippen molar-refractivity contribution in [1.82, 2.24) is 0 Å². The third-order valence-corrected chi connectivity index (χ3v) is 2.03. The fourth-order valence-corrected chi connectivity index (χ4v) is 1.30. The lowest BCUT2D eigenvalue weighted by atomic mass is 10.1. The molecule has 0 fully saturated rings. The predicted octanol–water partition coefficient (Wildman–Crippen LogP) is 2.08. The van der Waals surface area contributed by atoms with Crippen molar-refractivity contribution in [3.05, 3.63) is 29.8 Å². The maximum absolute atomic E-state index is 12.0. The van der Waals surface area contributed by atoms with Crippen LogP contribution in [0.3, 0.4) is 0 Å². The number of benzene rings is 1. The molecule has 3 nitrogen and oxygen atoms in total. The van der Waals surface area contributed by atoms with Crippen LogP contribution in [0.4, 0.5) is 18.9 Å². The number of rotatable bonds is 3. The van der Waals surface area contributed by atoms with Crippen molar-refractivity contribution < 1.29 is 18.0 Å². The fraction of sp³-hybridized carbons (Fsp3) is 0.364. The Bertz CT molecular complexity index is 385. The highest BCUT2D eigenvalue weighted by atomic mass is 19.4. The van der Waals surface area contributed by atoms with Gasteiger partial charge in [-0.05, 0) is 31.0 Å². The summed E-state index contributed by atoms with van der Waals surface area (Å²) in [6.07, 6.45) is -4.24. The first-order valence-corrected chi connectivity index (χ1v) is 5.01. The van der Waals surface area contributed by atoms with E-state index in [2.05, 4.69) is 0 Å². The number of hydrogen-bond acceptors (Lipinski definition) is 2. The van der Waals surface area contributed by atoms with Crippen LogP contribution >= 0.6 is 0 Å². The van der Waals surface area contributed by atoms with E-state index in [1.165, 1.54) is 12.1 Å². The van der Waals surface area contributed by atoms with Gasteiger partial charge in [0.15, 0.2) is 0 Å². The van der Waals surface area contributed by atoms with Gasteiger partial charge in [-0.15, -0.1) is 0 Å². The normalized spacial score (nSPS) is 13.2. The molecule has 0 saturated heterocycles. The highest BCUT2D eigenvalue weighted by Gasteiger charge is 2.38. The second-order valence-corrected chi connectivity index (χ2v) is 3.83. The smallest absolute Gasteiger partial charge is 0.328 e. The number of nitrogens with two attached hydrogens (primary N) is 1. The van der Waals surface area contributed by atoms with Crippen LogP contribution in [-0.4, -0.2) is 18.1 Å². The minimum absolute atomic E-state index is 0.0226. The van der Waals surface area contributed by atoms with Crippen LogP contribution < -0.4 is 11.1 Å². The van der Waals surface area contributed by atoms with E-state index in [0.717, 1.165) is 5.56 Å². The molecule has 6 heteroatoms. The molecule has 1 unspecified atom stereocenters. The zero-order valence-electron chi connectivity index (χ0n) is 9.21. The number of carbonyl (C=O) groups is 1. The molecule has 0 heterocycles. The first kappa shape index (κ1) is 13.5. The molecule has 17 heavy (non-hydrogen) atoms. The van der Waals surface area contributed by atoms with Crippen molar-refractivity contribution in [3.63, 3.8) is 0 Å². The van der Waals surface area contributed by atoms with Crippen molar-refractivity contribution in [2.24, 2.45) is 5.73 Å². The molecule has 0 aliphatic heterocycles. The molecule has 0 saturated carbocycles. The average molecular weight is 246 g/mol. The summed E-state index contributed by atoms with van der Waals surface area (Å²) in [4.78, 5) is 10.6. The molecule has 0 bridgehead atoms. The Morgan fingerprint density at radius 2 is 1.88 bits per heavy atom. The van der Waals surface area contributed by atoms with Gasteiger partial charge in [0.05, 0.1) is 0 Å². The van der Waals surface area contributed by atoms with Crippen molar-refractivity contribution in [2.45, 2.75) is 25.6 Å². The third-order valence-electron chi connectivity index (χ3n) is 2.03. The molecule has 0 spiro atoms. The van der Waals surface area contributed by atoms with Gasteiger partial charge in [0.2, 0.25) is 0 Å². The number of amides is 1. The van der Waals surface area contributed by atoms with E-state index < -0.39 is 12.1 Å². The molecule has 94 valence electrons. The van der Waals surface area contributed by atoms with E-state index in [1.54, 1.807) is 17.4 Å². The van der Waals surface area contributed by atoms with Crippen molar-refractivity contribution in [2.75, 3.05) is 5.32 Å². The Labute approximate surface area is 96.8 Å². The van der Waals surface area contributed by atoms with E-state index in [9.17, 15) is 18.0 Å². The highest BCUT2D eigenvalue weighted by molar-refractivity contribution is 5.94. The Hall–Kier alpha value is -1.56. The van der Waals surface area contributed by atoms with Crippen molar-refractivity contribution in [3.8, 4) is 0 Å². The number of alkyl halides is 3. The predicted molar refractivity (Wildman–Crippen MR) is 58.5 cm³/mol. The Kier molecular flexibility index (Phi) is 4.11. The summed E-state index contributed by atoms with van der Waals surface area (Å²) in [5, 5.41) is 1.77. The maximum atomic E-state index is 12.0. The SMILES string of the molecule is CC(N)Cc1ccc(NC(=O)C(F)(F)F)cc1. The van der Waals surface area contributed by atoms with Crippen LogP contribution in [0.15, 0.2) is 24.3 Å². The molecular formula is C11H13F3N2O. The average Bonchev–Trinajstić information content (AvgIpc) is 2.18. The molecule has 3 N–H and O–H groups in total. The molecule has 1 amide bonds. The standard InChI is InChI=1S/C11H13F3N2O/c1-7(15)6-8-2-4-9(5-3-8)16-10(17)11(12,13)14/h2-5,7H,6,15H2,1H3,(H,16,17). The van der Waals surface area contributed by atoms with E-state index in [1.807, 2.05) is 6.92 Å². The minimum Gasteiger partial charge on any atom is -0.328 e. The summed E-state index contributed by atoms with van der Waals surface area (Å²) in [5.74, 6) is -1.97. The molecule has 1 rings (SSSR count). The zero-order valence-corrected chi connectivity index (χ0v) is 9.21. The van der Waals surface area contributed by atoms with Gasteiger partial charge in [-0.2, -0.15) is 13.2 Å². The second-order valence-electron chi connectivity index (χ2n) is 3.83. The van der Waals surface area contributed by atoms with E-state index in [0.29, 0.717) is 6.42 Å². The van der Waals surface area contributed by atoms with Gasteiger partial charge in [-0.1, -0.05) is 12.1 Å². The monoisotopic (exact) mass is 246 g/mol. The molecule has 1 atom stereocenters. The van der Waals surface area contributed by atoms with Crippen LogP contribution in [0.2, 0.25) is 0 Å². The van der Waals surface area contributed by atoms with Gasteiger partial charge in [0, 0.05) is 11.7 Å². The summed E-state index contributed by atoms with van der Waals surface area (Å²) in [7, 11) is 0. The van der Waals surface area contributed by atoms with Crippen LogP contribution in [0.5, 0.6) is 0 Å². The lowest BCUT2D eigenvalue weighted by Gasteiger charge is -2.09. The molecule has 1 aromatic rings. The lowest BCUT2D eigenvalue weighted by molar-refractivity contribution is -0.167. The molecule has 0 aromatic heterocycles. The van der Waals surface area contributed by atoms with Crippen LogP contribution in [-0.2, 0) is 11.2 Å². The quantitative estimate of drug-likeness (QED) is 0.857. The van der Waals surface area contributed by atoms with Crippen molar-refractivity contribution >= 4 is 11.6 Å².